The van der Waals surface area contributed by atoms with Crippen LogP contribution in [0.4, 0.5) is 13.2 Å². The van der Waals surface area contributed by atoms with Gasteiger partial charge in [-0.15, -0.1) is 0 Å². The van der Waals surface area contributed by atoms with E-state index in [0.717, 1.165) is 10.9 Å². The second kappa shape index (κ2) is 6.36. The predicted octanol–water partition coefficient (Wildman–Crippen LogP) is 3.13. The number of hydrogen-bond acceptors (Lipinski definition) is 2. The maximum absolute atomic E-state index is 11.8. The van der Waals surface area contributed by atoms with Gasteiger partial charge in [0, 0.05) is 22.5 Å². The Morgan fingerprint density at radius 2 is 2.10 bits per heavy atom. The van der Waals surface area contributed by atoms with Gasteiger partial charge in [0.25, 0.3) is 5.91 Å². The first-order valence-corrected chi connectivity index (χ1v) is 6.44. The van der Waals surface area contributed by atoms with Crippen molar-refractivity contribution in [2.45, 2.75) is 6.18 Å². The summed E-state index contributed by atoms with van der Waals surface area (Å²) >= 11 is 5.84. The van der Waals surface area contributed by atoms with Gasteiger partial charge >= 0.3 is 6.18 Å². The van der Waals surface area contributed by atoms with Crippen LogP contribution in [0, 0.1) is 0 Å². The molecule has 1 aromatic heterocycles. The zero-order valence-electron chi connectivity index (χ0n) is 10.8. The van der Waals surface area contributed by atoms with E-state index in [0.29, 0.717) is 10.7 Å². The highest BCUT2D eigenvalue weighted by atomic mass is 35.5. The summed E-state index contributed by atoms with van der Waals surface area (Å²) in [7, 11) is 0. The van der Waals surface area contributed by atoms with E-state index in [1.54, 1.807) is 24.3 Å². The van der Waals surface area contributed by atoms with Crippen molar-refractivity contribution in [3.63, 3.8) is 0 Å². The van der Waals surface area contributed by atoms with Gasteiger partial charge < -0.3 is 15.0 Å². The molecular formula is C13H12ClF3N2O2. The molecule has 1 amide bonds. The van der Waals surface area contributed by atoms with Gasteiger partial charge in [-0.2, -0.15) is 13.2 Å². The average molecular weight is 321 g/mol. The summed E-state index contributed by atoms with van der Waals surface area (Å²) in [4.78, 5) is 14.7. The number of carbonyl (C=O) groups is 1. The van der Waals surface area contributed by atoms with Crippen LogP contribution in [0.15, 0.2) is 24.3 Å². The number of ether oxygens (including phenoxy) is 1. The molecule has 0 atom stereocenters. The molecule has 0 radical (unpaired) electrons. The number of aromatic nitrogens is 1. The molecule has 8 heteroatoms. The van der Waals surface area contributed by atoms with E-state index >= 15 is 0 Å². The first kappa shape index (κ1) is 15.7. The number of fused-ring (bicyclic) bond motifs is 1. The number of halogens is 4. The van der Waals surface area contributed by atoms with Crippen LogP contribution in [0.3, 0.4) is 0 Å². The molecule has 0 bridgehead atoms. The number of alkyl halides is 3. The Morgan fingerprint density at radius 3 is 2.81 bits per heavy atom. The highest BCUT2D eigenvalue weighted by Gasteiger charge is 2.27. The van der Waals surface area contributed by atoms with Gasteiger partial charge in [0.1, 0.15) is 12.3 Å². The van der Waals surface area contributed by atoms with Gasteiger partial charge in [0.05, 0.1) is 6.61 Å². The van der Waals surface area contributed by atoms with Crippen LogP contribution in [-0.2, 0) is 4.74 Å². The minimum Gasteiger partial charge on any atom is -0.370 e. The third-order valence-corrected chi connectivity index (χ3v) is 2.86. The van der Waals surface area contributed by atoms with Gasteiger partial charge in [-0.25, -0.2) is 0 Å². The second-order valence-corrected chi connectivity index (χ2v) is 4.77. The summed E-state index contributed by atoms with van der Waals surface area (Å²) in [6, 6.07) is 6.75. The number of aromatic amines is 1. The molecule has 0 saturated carbocycles. The third-order valence-electron chi connectivity index (χ3n) is 2.63. The predicted molar refractivity (Wildman–Crippen MR) is 72.5 cm³/mol. The summed E-state index contributed by atoms with van der Waals surface area (Å²) in [5, 5.41) is 3.79. The summed E-state index contributed by atoms with van der Waals surface area (Å²) in [6.07, 6.45) is -4.36. The molecule has 0 aliphatic carbocycles. The van der Waals surface area contributed by atoms with Gasteiger partial charge in [0.2, 0.25) is 0 Å². The van der Waals surface area contributed by atoms with Crippen LogP contribution in [0.5, 0.6) is 0 Å². The fraction of sp³-hybridized carbons (Fsp3) is 0.308. The molecular weight excluding hydrogens is 309 g/mol. The standard InChI is InChI=1S/C13H12ClF3N2O2/c14-9-1-2-10-8(5-9)6-11(19-10)12(20)18-3-4-21-7-13(15,16)17/h1-2,5-6,19H,3-4,7H2,(H,18,20). The molecule has 0 aliphatic heterocycles. The number of H-pyrrole nitrogens is 1. The monoisotopic (exact) mass is 320 g/mol. The minimum atomic E-state index is -4.36. The number of hydrogen-bond donors (Lipinski definition) is 2. The fourth-order valence-corrected chi connectivity index (χ4v) is 1.93. The van der Waals surface area contributed by atoms with Crippen molar-refractivity contribution in [2.75, 3.05) is 19.8 Å². The number of carbonyl (C=O) groups excluding carboxylic acids is 1. The van der Waals surface area contributed by atoms with Crippen molar-refractivity contribution >= 4 is 28.4 Å². The normalized spacial score (nSPS) is 11.8. The van der Waals surface area contributed by atoms with E-state index in [1.165, 1.54) is 0 Å². The molecule has 2 N–H and O–H groups in total. The molecule has 1 heterocycles. The van der Waals surface area contributed by atoms with Crippen LogP contribution in [0.25, 0.3) is 10.9 Å². The van der Waals surface area contributed by atoms with E-state index in [2.05, 4.69) is 15.0 Å². The highest BCUT2D eigenvalue weighted by molar-refractivity contribution is 6.31. The lowest BCUT2D eigenvalue weighted by Gasteiger charge is -2.07. The molecule has 0 unspecified atom stereocenters. The Morgan fingerprint density at radius 1 is 1.33 bits per heavy atom. The Bertz CT molecular complexity index is 640. The van der Waals surface area contributed by atoms with Crippen molar-refractivity contribution in [3.05, 3.63) is 35.0 Å². The van der Waals surface area contributed by atoms with Crippen LogP contribution in [-0.4, -0.2) is 36.8 Å². The molecule has 0 aliphatic rings. The Labute approximate surface area is 123 Å². The first-order chi connectivity index (χ1) is 9.85. The van der Waals surface area contributed by atoms with Crippen molar-refractivity contribution in [3.8, 4) is 0 Å². The SMILES string of the molecule is O=C(NCCOCC(F)(F)F)c1cc2cc(Cl)ccc2[nH]1. The van der Waals surface area contributed by atoms with Crippen LogP contribution in [0.1, 0.15) is 10.5 Å². The Hall–Kier alpha value is -1.73. The van der Waals surface area contributed by atoms with Crippen LogP contribution in [0.2, 0.25) is 5.02 Å². The van der Waals surface area contributed by atoms with Crippen LogP contribution >= 0.6 is 11.6 Å². The molecule has 0 spiro atoms. The van der Waals surface area contributed by atoms with Gasteiger partial charge in [-0.3, -0.25) is 4.79 Å². The summed E-state index contributed by atoms with van der Waals surface area (Å²) in [5.74, 6) is -0.419. The van der Waals surface area contributed by atoms with Gasteiger partial charge in [-0.05, 0) is 24.3 Å². The lowest BCUT2D eigenvalue weighted by molar-refractivity contribution is -0.173. The van der Waals surface area contributed by atoms with E-state index in [-0.39, 0.29) is 13.2 Å². The van der Waals surface area contributed by atoms with E-state index in [9.17, 15) is 18.0 Å². The molecule has 0 fully saturated rings. The quantitative estimate of drug-likeness (QED) is 0.832. The second-order valence-electron chi connectivity index (χ2n) is 4.34. The zero-order chi connectivity index (χ0) is 15.5. The molecule has 114 valence electrons. The number of rotatable bonds is 5. The molecule has 0 saturated heterocycles. The third kappa shape index (κ3) is 4.64. The van der Waals surface area contributed by atoms with E-state index < -0.39 is 18.7 Å². The number of amides is 1. The number of benzene rings is 1. The van der Waals surface area contributed by atoms with Crippen molar-refractivity contribution < 1.29 is 22.7 Å². The Kier molecular flexibility index (Phi) is 4.74. The average Bonchev–Trinajstić information content (AvgIpc) is 2.79. The summed E-state index contributed by atoms with van der Waals surface area (Å²) < 4.78 is 39.9. The largest absolute Gasteiger partial charge is 0.411 e. The minimum absolute atomic E-state index is 0.00889. The van der Waals surface area contributed by atoms with Crippen molar-refractivity contribution in [1.82, 2.24) is 10.3 Å². The topological polar surface area (TPSA) is 54.1 Å². The van der Waals surface area contributed by atoms with Gasteiger partial charge in [-0.1, -0.05) is 11.6 Å². The van der Waals surface area contributed by atoms with Crippen molar-refractivity contribution in [1.29, 1.82) is 0 Å². The lowest BCUT2D eigenvalue weighted by Crippen LogP contribution is -2.29. The molecule has 4 nitrogen and oxygen atoms in total. The number of nitrogens with one attached hydrogen (secondary N) is 2. The van der Waals surface area contributed by atoms with Crippen LogP contribution < -0.4 is 5.32 Å². The molecule has 1 aromatic carbocycles. The lowest BCUT2D eigenvalue weighted by atomic mass is 10.2. The first-order valence-electron chi connectivity index (χ1n) is 6.06. The van der Waals surface area contributed by atoms with Gasteiger partial charge in [0.15, 0.2) is 0 Å². The zero-order valence-corrected chi connectivity index (χ0v) is 11.5. The van der Waals surface area contributed by atoms with E-state index in [4.69, 9.17) is 11.6 Å². The highest BCUT2D eigenvalue weighted by Crippen LogP contribution is 2.20. The summed E-state index contributed by atoms with van der Waals surface area (Å²) in [5.41, 5.74) is 1.06. The fourth-order valence-electron chi connectivity index (χ4n) is 1.75. The molecule has 2 rings (SSSR count). The van der Waals surface area contributed by atoms with E-state index in [1.807, 2.05) is 0 Å². The molecule has 2 aromatic rings. The smallest absolute Gasteiger partial charge is 0.370 e. The summed E-state index contributed by atoms with van der Waals surface area (Å²) in [6.45, 7) is -1.55. The maximum Gasteiger partial charge on any atom is 0.411 e. The Balaban J connectivity index is 1.85. The molecule has 21 heavy (non-hydrogen) atoms. The van der Waals surface area contributed by atoms with Crippen molar-refractivity contribution in [2.24, 2.45) is 0 Å². The maximum atomic E-state index is 11.8.